The molecule has 3 rings (SSSR count). The van der Waals surface area contributed by atoms with Crippen molar-refractivity contribution >= 4 is 12.0 Å². The van der Waals surface area contributed by atoms with Crippen molar-refractivity contribution in [2.45, 2.75) is 38.0 Å². The molecule has 1 unspecified atom stereocenters. The van der Waals surface area contributed by atoms with Gasteiger partial charge in [-0.1, -0.05) is 19.1 Å². The zero-order valence-electron chi connectivity index (χ0n) is 18.5. The molecule has 4 N–H and O–H groups in total. The van der Waals surface area contributed by atoms with Gasteiger partial charge in [-0.3, -0.25) is 9.69 Å². The first-order chi connectivity index (χ1) is 14.8. The van der Waals surface area contributed by atoms with Gasteiger partial charge in [-0.2, -0.15) is 0 Å². The summed E-state index contributed by atoms with van der Waals surface area (Å²) in [4.78, 5) is 25.3. The number of carbonyl (C=O) groups excluding carboxylic acids is 2. The number of nitrogens with zero attached hydrogens (tertiary/aromatic N) is 1. The summed E-state index contributed by atoms with van der Waals surface area (Å²) in [5.41, 5.74) is 0.275. The molecule has 0 radical (unpaired) electrons. The van der Waals surface area contributed by atoms with Gasteiger partial charge in [-0.15, -0.1) is 0 Å². The van der Waals surface area contributed by atoms with Crippen molar-refractivity contribution in [2.75, 3.05) is 46.4 Å². The van der Waals surface area contributed by atoms with Gasteiger partial charge < -0.3 is 30.5 Å². The van der Waals surface area contributed by atoms with Crippen LogP contribution < -0.4 is 20.7 Å². The normalized spacial score (nSPS) is 24.8. The first-order valence-corrected chi connectivity index (χ1v) is 10.8. The van der Waals surface area contributed by atoms with Crippen molar-refractivity contribution in [3.8, 4) is 5.75 Å². The van der Waals surface area contributed by atoms with Gasteiger partial charge in [-0.25, -0.2) is 4.79 Å². The molecule has 1 aromatic rings. The van der Waals surface area contributed by atoms with Gasteiger partial charge in [0.25, 0.3) is 0 Å². The van der Waals surface area contributed by atoms with Crippen LogP contribution >= 0.6 is 0 Å². The number of alkyl carbamates (subject to hydrolysis) is 1. The minimum atomic E-state index is -0.883. The minimum absolute atomic E-state index is 0.0632. The van der Waals surface area contributed by atoms with Crippen molar-refractivity contribution in [1.82, 2.24) is 20.9 Å². The summed E-state index contributed by atoms with van der Waals surface area (Å²) in [5.74, 6) is 0.893. The molecule has 0 bridgehead atoms. The lowest BCUT2D eigenvalue weighted by Crippen LogP contribution is -2.66. The number of methoxy groups -OCH3 is 1. The predicted octanol–water partition coefficient (Wildman–Crippen LogP) is 0.123. The molecule has 0 saturated carbocycles. The first-order valence-electron chi connectivity index (χ1n) is 10.8. The number of ether oxygens (including phenoxy) is 2. The monoisotopic (exact) mass is 434 g/mol. The van der Waals surface area contributed by atoms with Crippen molar-refractivity contribution in [3.63, 3.8) is 0 Å². The van der Waals surface area contributed by atoms with Gasteiger partial charge in [0.2, 0.25) is 5.91 Å². The van der Waals surface area contributed by atoms with Crippen LogP contribution in [-0.2, 0) is 16.0 Å². The van der Waals surface area contributed by atoms with Crippen LogP contribution in [0.4, 0.5) is 4.79 Å². The van der Waals surface area contributed by atoms with Gasteiger partial charge in [0, 0.05) is 58.2 Å². The van der Waals surface area contributed by atoms with E-state index in [1.54, 1.807) is 7.11 Å². The van der Waals surface area contributed by atoms with Gasteiger partial charge in [0.15, 0.2) is 0 Å². The maximum atomic E-state index is 12.3. The molecule has 2 fully saturated rings. The van der Waals surface area contributed by atoms with Crippen molar-refractivity contribution in [1.29, 1.82) is 0 Å². The van der Waals surface area contributed by atoms with E-state index in [1.165, 1.54) is 6.92 Å². The van der Waals surface area contributed by atoms with E-state index in [2.05, 4.69) is 22.9 Å². The summed E-state index contributed by atoms with van der Waals surface area (Å²) in [6.07, 6.45) is 0.149. The molecule has 172 valence electrons. The fraction of sp³-hybridized carbons (Fsp3) is 0.636. The number of rotatable bonds is 9. The van der Waals surface area contributed by atoms with E-state index in [4.69, 9.17) is 9.47 Å². The Morgan fingerprint density at radius 1 is 1.26 bits per heavy atom. The molecule has 2 heterocycles. The molecule has 9 nitrogen and oxygen atoms in total. The summed E-state index contributed by atoms with van der Waals surface area (Å²) < 4.78 is 10.9. The Hall–Kier alpha value is -2.36. The third-order valence-electron chi connectivity index (χ3n) is 5.92. The average Bonchev–Trinajstić information content (AvgIpc) is 3.05. The molecule has 2 aliphatic rings. The van der Waals surface area contributed by atoms with Crippen molar-refractivity contribution in [3.05, 3.63) is 29.8 Å². The molecule has 0 spiro atoms. The van der Waals surface area contributed by atoms with Crippen molar-refractivity contribution in [2.24, 2.45) is 5.92 Å². The van der Waals surface area contributed by atoms with E-state index < -0.39 is 11.7 Å². The molecule has 31 heavy (non-hydrogen) atoms. The van der Waals surface area contributed by atoms with Gasteiger partial charge in [-0.05, 0) is 24.1 Å². The molecule has 1 aromatic carbocycles. The second kappa shape index (κ2) is 10.3. The third kappa shape index (κ3) is 6.56. The lowest BCUT2D eigenvalue weighted by Gasteiger charge is -2.46. The zero-order valence-corrected chi connectivity index (χ0v) is 18.5. The Labute approximate surface area is 183 Å². The summed E-state index contributed by atoms with van der Waals surface area (Å²) in [6, 6.07) is 7.99. The molecular weight excluding hydrogens is 400 g/mol. The van der Waals surface area contributed by atoms with Crippen LogP contribution in [0.3, 0.4) is 0 Å². The van der Waals surface area contributed by atoms with E-state index >= 15 is 0 Å². The Bertz CT molecular complexity index is 751. The molecular formula is C22H34N4O5. The number of hydrogen-bond acceptors (Lipinski definition) is 7. The first kappa shape index (κ1) is 23.3. The highest BCUT2D eigenvalue weighted by Crippen LogP contribution is 2.23. The SMILES string of the molecule is COc1ccc(CC2NC[C@H](C)[C@H]2OC(=O)NCCN2CC(O)(CNC(C)=O)C2)cc1. The number of likely N-dealkylation sites (tertiary alicyclic amines) is 1. The molecule has 0 aromatic heterocycles. The van der Waals surface area contributed by atoms with E-state index in [0.717, 1.165) is 24.3 Å². The van der Waals surface area contributed by atoms with Crippen LogP contribution in [-0.4, -0.2) is 86.1 Å². The number of nitrogens with one attached hydrogen (secondary N) is 3. The van der Waals surface area contributed by atoms with Gasteiger partial charge in [0.05, 0.1) is 7.11 Å². The lowest BCUT2D eigenvalue weighted by atomic mass is 9.94. The standard InChI is InChI=1S/C22H34N4O5/c1-15-11-24-19(10-17-4-6-18(30-3)7-5-17)20(15)31-21(28)23-8-9-26-13-22(29,14-26)12-25-16(2)27/h4-7,15,19-20,24,29H,8-14H2,1-3H3,(H,23,28)(H,25,27)/t15-,19?,20+/m0/s1. The molecule has 3 atom stereocenters. The highest BCUT2D eigenvalue weighted by Gasteiger charge is 2.41. The molecule has 9 heteroatoms. The predicted molar refractivity (Wildman–Crippen MR) is 116 cm³/mol. The van der Waals surface area contributed by atoms with Gasteiger partial charge >= 0.3 is 6.09 Å². The number of hydrogen-bond donors (Lipinski definition) is 4. The molecule has 2 amide bonds. The number of carbonyl (C=O) groups is 2. The third-order valence-corrected chi connectivity index (χ3v) is 5.92. The molecule has 2 aliphatic heterocycles. The average molecular weight is 435 g/mol. The minimum Gasteiger partial charge on any atom is -0.497 e. The summed E-state index contributed by atoms with van der Waals surface area (Å²) in [7, 11) is 1.64. The van der Waals surface area contributed by atoms with E-state index in [1.807, 2.05) is 29.2 Å². The van der Waals surface area contributed by atoms with Crippen LogP contribution in [0.1, 0.15) is 19.4 Å². The largest absolute Gasteiger partial charge is 0.497 e. The quantitative estimate of drug-likeness (QED) is 0.437. The van der Waals surface area contributed by atoms with Crippen LogP contribution in [0.25, 0.3) is 0 Å². The topological polar surface area (TPSA) is 112 Å². The zero-order chi connectivity index (χ0) is 22.4. The summed E-state index contributed by atoms with van der Waals surface area (Å²) in [5, 5.41) is 19.2. The smallest absolute Gasteiger partial charge is 0.407 e. The van der Waals surface area contributed by atoms with E-state index in [-0.39, 0.29) is 30.5 Å². The Balaban J connectivity index is 1.38. The molecule has 2 saturated heterocycles. The number of aliphatic hydroxyl groups is 1. The second-order valence-electron chi connectivity index (χ2n) is 8.69. The van der Waals surface area contributed by atoms with E-state index in [9.17, 15) is 14.7 Å². The maximum absolute atomic E-state index is 12.3. The van der Waals surface area contributed by atoms with E-state index in [0.29, 0.717) is 26.2 Å². The van der Waals surface area contributed by atoms with Crippen LogP contribution in [0.5, 0.6) is 5.75 Å². The molecule has 0 aliphatic carbocycles. The number of β-amino-alcohol motifs (C(OH)–C–C–N with tert-alkyl or cyclic N) is 1. The Kier molecular flexibility index (Phi) is 7.74. The summed E-state index contributed by atoms with van der Waals surface area (Å²) in [6.45, 7) is 6.55. The Morgan fingerprint density at radius 3 is 2.61 bits per heavy atom. The maximum Gasteiger partial charge on any atom is 0.407 e. The number of amides is 2. The van der Waals surface area contributed by atoms with Crippen LogP contribution in [0.15, 0.2) is 24.3 Å². The fourth-order valence-electron chi connectivity index (χ4n) is 4.19. The van der Waals surface area contributed by atoms with Crippen LogP contribution in [0.2, 0.25) is 0 Å². The Morgan fingerprint density at radius 2 is 1.97 bits per heavy atom. The van der Waals surface area contributed by atoms with Crippen LogP contribution in [0, 0.1) is 5.92 Å². The second-order valence-corrected chi connectivity index (χ2v) is 8.69. The van der Waals surface area contributed by atoms with Gasteiger partial charge in [0.1, 0.15) is 17.5 Å². The lowest BCUT2D eigenvalue weighted by molar-refractivity contribution is -0.125. The fourth-order valence-corrected chi connectivity index (χ4v) is 4.19. The highest BCUT2D eigenvalue weighted by molar-refractivity contribution is 5.72. The summed E-state index contributed by atoms with van der Waals surface area (Å²) >= 11 is 0. The van der Waals surface area contributed by atoms with Crippen molar-refractivity contribution < 1.29 is 24.2 Å². The number of benzene rings is 1. The highest BCUT2D eigenvalue weighted by atomic mass is 16.6.